The summed E-state index contributed by atoms with van der Waals surface area (Å²) in [5.74, 6) is -1.47. The summed E-state index contributed by atoms with van der Waals surface area (Å²) in [5, 5.41) is 12.4. The molecule has 0 aliphatic carbocycles. The van der Waals surface area contributed by atoms with Crippen LogP contribution in [0, 0.1) is 11.3 Å². The summed E-state index contributed by atoms with van der Waals surface area (Å²) < 4.78 is 56.5. The number of nitrogens with one attached hydrogen (secondary N) is 1. The highest BCUT2D eigenvalue weighted by atomic mass is 16.8. The molecule has 0 aromatic heterocycles. The van der Waals surface area contributed by atoms with E-state index in [1.165, 1.54) is 0 Å². The van der Waals surface area contributed by atoms with Gasteiger partial charge in [0.25, 0.3) is 0 Å². The third kappa shape index (κ3) is 10.2. The number of nitriles is 1. The molecular formula is C37H60N6O13. The van der Waals surface area contributed by atoms with Crippen LogP contribution >= 0.6 is 0 Å². The number of nitrogens with zero attached hydrogens (tertiary/aromatic N) is 4. The number of nitrogens with two attached hydrogens (primary N) is 1. The quantitative estimate of drug-likeness (QED) is 0.333. The monoisotopic (exact) mass is 796 g/mol. The van der Waals surface area contributed by atoms with Crippen LogP contribution in [0.1, 0.15) is 66.2 Å². The van der Waals surface area contributed by atoms with E-state index in [1.54, 1.807) is 28.9 Å². The lowest BCUT2D eigenvalue weighted by atomic mass is 10.1. The van der Waals surface area contributed by atoms with Crippen molar-refractivity contribution in [1.29, 1.82) is 5.26 Å². The van der Waals surface area contributed by atoms with Crippen LogP contribution in [0.4, 0.5) is 9.59 Å². The first-order valence-corrected chi connectivity index (χ1v) is 19.8. The lowest BCUT2D eigenvalue weighted by molar-refractivity contribution is -0.230. The summed E-state index contributed by atoms with van der Waals surface area (Å²) in [7, 11) is 3.10. The lowest BCUT2D eigenvalue weighted by Crippen LogP contribution is -2.48. The molecule has 7 aliphatic heterocycles. The van der Waals surface area contributed by atoms with Crippen LogP contribution in [-0.4, -0.2) is 178 Å². The van der Waals surface area contributed by atoms with Gasteiger partial charge < -0.3 is 73.1 Å². The molecule has 3 amide bonds. The second-order valence-corrected chi connectivity index (χ2v) is 16.2. The average Bonchev–Trinajstić information content (AvgIpc) is 3.99. The number of likely N-dealkylation sites (tertiary alicyclic amines) is 3. The van der Waals surface area contributed by atoms with Crippen molar-refractivity contribution in [2.75, 3.05) is 66.7 Å². The Balaban J connectivity index is 0.000000202. The van der Waals surface area contributed by atoms with Crippen molar-refractivity contribution in [2.24, 2.45) is 5.73 Å². The Kier molecular flexibility index (Phi) is 14.0. The van der Waals surface area contributed by atoms with E-state index in [0.717, 1.165) is 38.5 Å². The largest absolute Gasteiger partial charge is 0.447 e. The minimum atomic E-state index is -0.737. The second-order valence-electron chi connectivity index (χ2n) is 16.2. The van der Waals surface area contributed by atoms with Gasteiger partial charge in [-0.3, -0.25) is 4.79 Å². The number of hydrogen-bond acceptors (Lipinski definition) is 16. The second kappa shape index (κ2) is 18.4. The molecule has 19 nitrogen and oxygen atoms in total. The summed E-state index contributed by atoms with van der Waals surface area (Å²) >= 11 is 0. The van der Waals surface area contributed by atoms with E-state index in [2.05, 4.69) is 11.4 Å². The molecule has 0 aromatic rings. The number of carbonyl (C=O) groups excluding carboxylic acids is 3. The van der Waals surface area contributed by atoms with Crippen molar-refractivity contribution in [3.05, 3.63) is 0 Å². The number of hydrogen-bond donors (Lipinski definition) is 2. The minimum Gasteiger partial charge on any atom is -0.447 e. The predicted octanol–water partition coefficient (Wildman–Crippen LogP) is 1.02. The molecule has 9 atom stereocenters. The fraction of sp³-hybridized carbons (Fsp3) is 0.892. The summed E-state index contributed by atoms with van der Waals surface area (Å²) in [6.07, 6.45) is 0.681. The Bertz CT molecular complexity index is 1400. The van der Waals surface area contributed by atoms with E-state index in [4.69, 9.17) is 58.4 Å². The highest BCUT2D eigenvalue weighted by Gasteiger charge is 2.57. The number of piperidine rings is 2. The topological polar surface area (TPSA) is 215 Å². The molecule has 0 radical (unpaired) electrons. The highest BCUT2D eigenvalue weighted by molar-refractivity contribution is 5.79. The molecule has 7 aliphatic rings. The third-order valence-electron chi connectivity index (χ3n) is 11.2. The van der Waals surface area contributed by atoms with Gasteiger partial charge in [-0.25, -0.2) is 9.59 Å². The molecule has 0 spiro atoms. The maximum Gasteiger partial charge on any atom is 0.409 e. The maximum atomic E-state index is 12.6. The molecule has 7 fully saturated rings. The molecule has 19 heteroatoms. The van der Waals surface area contributed by atoms with Crippen LogP contribution in [0.5, 0.6) is 0 Å². The number of ether oxygens (including phenoxy) is 10. The predicted molar refractivity (Wildman–Crippen MR) is 193 cm³/mol. The zero-order valence-corrected chi connectivity index (χ0v) is 33.4. The van der Waals surface area contributed by atoms with E-state index in [0.29, 0.717) is 32.7 Å². The molecule has 3 N–H and O–H groups in total. The molecule has 0 aromatic carbocycles. The van der Waals surface area contributed by atoms with Gasteiger partial charge in [-0.1, -0.05) is 0 Å². The maximum absolute atomic E-state index is 12.6. The van der Waals surface area contributed by atoms with Gasteiger partial charge in [0.1, 0.15) is 55.9 Å². The Morgan fingerprint density at radius 1 is 0.732 bits per heavy atom. The van der Waals surface area contributed by atoms with Crippen molar-refractivity contribution in [2.45, 2.75) is 145 Å². The third-order valence-corrected chi connectivity index (χ3v) is 11.2. The Morgan fingerprint density at radius 2 is 1.20 bits per heavy atom. The van der Waals surface area contributed by atoms with Gasteiger partial charge in [-0.05, 0) is 66.2 Å². The number of amides is 3. The van der Waals surface area contributed by atoms with Gasteiger partial charge >= 0.3 is 12.2 Å². The summed E-state index contributed by atoms with van der Waals surface area (Å²) in [4.78, 5) is 42.1. The van der Waals surface area contributed by atoms with Crippen molar-refractivity contribution in [1.82, 2.24) is 20.0 Å². The normalized spacial score (nSPS) is 35.0. The number of fused-ring (bicyclic) bond motifs is 2. The summed E-state index contributed by atoms with van der Waals surface area (Å²) in [6.45, 7) is 10.7. The van der Waals surface area contributed by atoms with E-state index in [9.17, 15) is 14.4 Å². The van der Waals surface area contributed by atoms with Crippen LogP contribution in [0.3, 0.4) is 0 Å². The number of carbonyl (C=O) groups is 3. The molecule has 0 unspecified atom stereocenters. The minimum absolute atomic E-state index is 0.0357. The van der Waals surface area contributed by atoms with Crippen molar-refractivity contribution in [3.63, 3.8) is 0 Å². The van der Waals surface area contributed by atoms with Gasteiger partial charge in [0.2, 0.25) is 5.91 Å². The molecule has 0 saturated carbocycles. The van der Waals surface area contributed by atoms with E-state index >= 15 is 0 Å². The van der Waals surface area contributed by atoms with Crippen LogP contribution < -0.4 is 11.1 Å². The van der Waals surface area contributed by atoms with Gasteiger partial charge in [-0.2, -0.15) is 5.26 Å². The van der Waals surface area contributed by atoms with E-state index < -0.39 is 42.5 Å². The molecule has 0 bridgehead atoms. The van der Waals surface area contributed by atoms with Crippen LogP contribution in [-0.2, 0) is 52.2 Å². The van der Waals surface area contributed by atoms with Crippen molar-refractivity contribution < 1.29 is 61.8 Å². The summed E-state index contributed by atoms with van der Waals surface area (Å²) in [6, 6.07) is 2.21. The number of rotatable bonds is 9. The van der Waals surface area contributed by atoms with Gasteiger partial charge in [0.05, 0.1) is 12.6 Å². The number of methoxy groups -OCH3 is 2. The first-order valence-electron chi connectivity index (χ1n) is 19.8. The van der Waals surface area contributed by atoms with Crippen molar-refractivity contribution in [3.8, 4) is 6.07 Å². The molecule has 7 rings (SSSR count). The van der Waals surface area contributed by atoms with Crippen molar-refractivity contribution >= 4 is 18.1 Å². The smallest absolute Gasteiger partial charge is 0.409 e. The molecule has 7 heterocycles. The zero-order chi connectivity index (χ0) is 40.2. The Hall–Kier alpha value is -2.90. The van der Waals surface area contributed by atoms with Crippen LogP contribution in [0.15, 0.2) is 0 Å². The molecular weight excluding hydrogens is 736 g/mol. The van der Waals surface area contributed by atoms with E-state index in [-0.39, 0.29) is 74.3 Å². The molecule has 316 valence electrons. The fourth-order valence-corrected chi connectivity index (χ4v) is 8.30. The average molecular weight is 797 g/mol. The Morgan fingerprint density at radius 3 is 1.66 bits per heavy atom. The lowest BCUT2D eigenvalue weighted by Gasteiger charge is -2.32. The van der Waals surface area contributed by atoms with Crippen LogP contribution in [0.25, 0.3) is 0 Å². The van der Waals surface area contributed by atoms with Gasteiger partial charge in [0, 0.05) is 59.0 Å². The first-order chi connectivity index (χ1) is 26.7. The summed E-state index contributed by atoms with van der Waals surface area (Å²) in [5.41, 5.74) is 5.84. The van der Waals surface area contributed by atoms with E-state index in [1.807, 2.05) is 27.7 Å². The Labute approximate surface area is 328 Å². The highest BCUT2D eigenvalue weighted by Crippen LogP contribution is 2.40. The fourth-order valence-electron chi connectivity index (χ4n) is 8.30. The standard InChI is InChI=1S/C22H34N4O7.C15H26N2O6/c1-22(2)32-18-16(31-20(29-3)19(18)33-22)13-30-21(28)25-9-6-14(7-10-25)24-12-17(27)26-8-4-5-15(26)11-23;1-15(2)22-11-10(21-13(19-3)12(11)23-15)8-20-14(18)17-6-4-9(16)5-7-17/h14-16,18-20,24H,4-10,12-13H2,1-3H3;9-13H,4-8,16H2,1-3H3/t15-,16+,18+,19+,20+;10-,11-,12-,13-/m01/s1. The SMILES string of the molecule is CO[C@@H]1O[C@H](COC(=O)N2CCC(N)CC2)[C@H]2OC(C)(C)O[C@@H]12.CO[C@@H]1O[C@H](COC(=O)N2CCC(NCC(=O)N3CCC[C@H]3C#N)CC2)[C@H]2OC(C)(C)O[C@@H]12. The van der Waals surface area contributed by atoms with Crippen LogP contribution in [0.2, 0.25) is 0 Å². The van der Waals surface area contributed by atoms with Gasteiger partial charge in [-0.15, -0.1) is 0 Å². The first kappa shape index (κ1) is 42.7. The zero-order valence-electron chi connectivity index (χ0n) is 33.4. The molecule has 56 heavy (non-hydrogen) atoms. The van der Waals surface area contributed by atoms with Gasteiger partial charge in [0.15, 0.2) is 24.2 Å². The molecule has 7 saturated heterocycles.